The number of hydrogen-bond donors (Lipinski definition) is 4. The number of aromatic nitrogens is 3. The van der Waals surface area contributed by atoms with E-state index >= 15 is 0 Å². The molecule has 4 aromatic rings. The van der Waals surface area contributed by atoms with E-state index in [9.17, 15) is 9.67 Å². The van der Waals surface area contributed by atoms with Gasteiger partial charge in [0.15, 0.2) is 5.82 Å². The summed E-state index contributed by atoms with van der Waals surface area (Å²) in [6.07, 6.45) is 3.24. The van der Waals surface area contributed by atoms with Crippen molar-refractivity contribution in [1.82, 2.24) is 15.0 Å². The monoisotopic (exact) mass is 476 g/mol. The van der Waals surface area contributed by atoms with E-state index in [2.05, 4.69) is 37.6 Å². The van der Waals surface area contributed by atoms with Gasteiger partial charge in [-0.2, -0.15) is 4.98 Å². The third-order valence-electron chi connectivity index (χ3n) is 6.10. The van der Waals surface area contributed by atoms with Crippen molar-refractivity contribution in [2.24, 2.45) is 0 Å². The van der Waals surface area contributed by atoms with Crippen molar-refractivity contribution in [2.45, 2.75) is 18.9 Å². The number of hydrogen-bond acceptors (Lipinski definition) is 7. The largest absolute Gasteiger partial charge is 0.393 e. The summed E-state index contributed by atoms with van der Waals surface area (Å²) in [6, 6.07) is 17.7. The van der Waals surface area contributed by atoms with Gasteiger partial charge >= 0.3 is 0 Å². The van der Waals surface area contributed by atoms with Crippen LogP contribution in [0.5, 0.6) is 0 Å². The number of nitrogens with zero attached hydrogens (tertiary/aromatic N) is 3. The summed E-state index contributed by atoms with van der Waals surface area (Å²) < 4.78 is 12.8. The molecule has 1 saturated heterocycles. The summed E-state index contributed by atoms with van der Waals surface area (Å²) in [5.74, 6) is 1.08. The molecule has 2 aromatic heterocycles. The highest BCUT2D eigenvalue weighted by Gasteiger charge is 2.19. The molecule has 4 N–H and O–H groups in total. The van der Waals surface area contributed by atoms with Crippen LogP contribution in [0, 0.1) is 0 Å². The van der Waals surface area contributed by atoms with Crippen LogP contribution in [0.2, 0.25) is 0 Å². The molecule has 1 aliphatic heterocycles. The number of aliphatic hydroxyl groups is 1. The summed E-state index contributed by atoms with van der Waals surface area (Å²) in [6.45, 7) is 5.25. The number of rotatable bonds is 6. The molecule has 1 fully saturated rings. The van der Waals surface area contributed by atoms with Crippen molar-refractivity contribution >= 4 is 52.3 Å². The predicted molar refractivity (Wildman–Crippen MR) is 140 cm³/mol. The zero-order chi connectivity index (χ0) is 23.7. The molecule has 34 heavy (non-hydrogen) atoms. The van der Waals surface area contributed by atoms with Gasteiger partial charge in [-0.05, 0) is 68.6 Å². The van der Waals surface area contributed by atoms with Gasteiger partial charge in [-0.1, -0.05) is 12.1 Å². The molecule has 0 aliphatic carbocycles. The van der Waals surface area contributed by atoms with Gasteiger partial charge in [-0.3, -0.25) is 0 Å². The lowest BCUT2D eigenvalue weighted by Gasteiger charge is -2.31. The molecule has 0 saturated carbocycles. The van der Waals surface area contributed by atoms with E-state index in [0.717, 1.165) is 59.3 Å². The molecule has 0 bridgehead atoms. The fourth-order valence-corrected chi connectivity index (χ4v) is 5.43. The van der Waals surface area contributed by atoms with Crippen LogP contribution in [0.25, 0.3) is 11.0 Å². The highest BCUT2D eigenvalue weighted by molar-refractivity contribution is 7.70. The molecular weight excluding hydrogens is 447 g/mol. The zero-order valence-electron chi connectivity index (χ0n) is 19.3. The Hall–Kier alpha value is -3.35. The minimum absolute atomic E-state index is 0.186. The Morgan fingerprint density at radius 3 is 2.47 bits per heavy atom. The maximum absolute atomic E-state index is 12.8. The van der Waals surface area contributed by atoms with E-state index in [1.165, 1.54) is 0 Å². The van der Waals surface area contributed by atoms with Gasteiger partial charge in [0, 0.05) is 36.0 Å². The molecule has 0 amide bonds. The van der Waals surface area contributed by atoms with Gasteiger partial charge in [0.25, 0.3) is 0 Å². The average Bonchev–Trinajstić information content (AvgIpc) is 3.29. The quantitative estimate of drug-likeness (QED) is 0.300. The van der Waals surface area contributed by atoms with Crippen molar-refractivity contribution in [3.05, 3.63) is 60.8 Å². The van der Waals surface area contributed by atoms with Crippen molar-refractivity contribution in [3.8, 4) is 0 Å². The van der Waals surface area contributed by atoms with Crippen LogP contribution < -0.4 is 20.8 Å². The topological polar surface area (TPSA) is 106 Å². The number of aromatic amines is 1. The number of fused-ring (bicyclic) bond motifs is 1. The Morgan fingerprint density at radius 1 is 1.00 bits per heavy atom. The first kappa shape index (κ1) is 22.4. The Balaban J connectivity index is 1.40. The van der Waals surface area contributed by atoms with Crippen LogP contribution in [0.15, 0.2) is 60.8 Å². The molecule has 176 valence electrons. The number of para-hydroxylation sites is 1. The number of H-pyrrole nitrogens is 1. The van der Waals surface area contributed by atoms with Crippen LogP contribution >= 0.6 is 7.14 Å². The molecule has 1 aliphatic rings. The van der Waals surface area contributed by atoms with E-state index in [4.69, 9.17) is 4.98 Å². The molecular formula is C25H29N6O2P. The second-order valence-electron chi connectivity index (χ2n) is 9.02. The first-order valence-electron chi connectivity index (χ1n) is 11.4. The SMILES string of the molecule is CP(C)(=O)c1ccccc1Nc1nc(Nc2ccc(N3CCC(O)CC3)cc2)nc2cc[nH]c12. The predicted octanol–water partition coefficient (Wildman–Crippen LogP) is 4.65. The summed E-state index contributed by atoms with van der Waals surface area (Å²) in [7, 11) is -2.47. The molecule has 3 heterocycles. The lowest BCUT2D eigenvalue weighted by atomic mass is 10.1. The normalized spacial score (nSPS) is 15.0. The highest BCUT2D eigenvalue weighted by Crippen LogP contribution is 2.38. The molecule has 0 spiro atoms. The van der Waals surface area contributed by atoms with Crippen molar-refractivity contribution in [1.29, 1.82) is 0 Å². The Bertz CT molecular complexity index is 1340. The minimum atomic E-state index is -2.47. The van der Waals surface area contributed by atoms with Crippen LogP contribution in [-0.4, -0.2) is 52.6 Å². The second-order valence-corrected chi connectivity index (χ2v) is 12.2. The second kappa shape index (κ2) is 9.12. The van der Waals surface area contributed by atoms with E-state index in [1.54, 1.807) is 13.3 Å². The molecule has 2 aromatic carbocycles. The molecule has 0 unspecified atom stereocenters. The molecule has 8 nitrogen and oxygen atoms in total. The maximum atomic E-state index is 12.8. The Morgan fingerprint density at radius 2 is 1.74 bits per heavy atom. The lowest BCUT2D eigenvalue weighted by Crippen LogP contribution is -2.35. The van der Waals surface area contributed by atoms with E-state index < -0.39 is 7.14 Å². The van der Waals surface area contributed by atoms with Gasteiger partial charge in [0.1, 0.15) is 12.7 Å². The van der Waals surface area contributed by atoms with E-state index in [0.29, 0.717) is 11.8 Å². The molecule has 9 heteroatoms. The van der Waals surface area contributed by atoms with Crippen molar-refractivity contribution < 1.29 is 9.67 Å². The first-order valence-corrected chi connectivity index (χ1v) is 14.0. The summed E-state index contributed by atoms with van der Waals surface area (Å²) >= 11 is 0. The molecule has 0 atom stereocenters. The zero-order valence-corrected chi connectivity index (χ0v) is 20.2. The highest BCUT2D eigenvalue weighted by atomic mass is 31.2. The van der Waals surface area contributed by atoms with Crippen molar-refractivity contribution in [2.75, 3.05) is 42.0 Å². The lowest BCUT2D eigenvalue weighted by molar-refractivity contribution is 0.145. The third-order valence-corrected chi connectivity index (χ3v) is 7.65. The van der Waals surface area contributed by atoms with Crippen LogP contribution in [-0.2, 0) is 4.57 Å². The van der Waals surface area contributed by atoms with Crippen LogP contribution in [0.3, 0.4) is 0 Å². The number of aliphatic hydroxyl groups excluding tert-OH is 1. The van der Waals surface area contributed by atoms with Gasteiger partial charge in [-0.15, -0.1) is 0 Å². The number of piperidine rings is 1. The summed E-state index contributed by atoms with van der Waals surface area (Å²) in [5.41, 5.74) is 4.35. The molecule has 5 rings (SSSR count). The maximum Gasteiger partial charge on any atom is 0.229 e. The van der Waals surface area contributed by atoms with Crippen LogP contribution in [0.1, 0.15) is 12.8 Å². The first-order chi connectivity index (χ1) is 16.4. The number of anilines is 5. The standard InChI is InChI=1S/C25H29N6O2P/c1-34(2,33)22-6-4-3-5-20(22)28-24-23-21(11-14-26-23)29-25(30-24)27-17-7-9-18(10-8-17)31-15-12-19(32)13-16-31/h3-11,14,19,26,32H,12-13,15-16H2,1-2H3,(H2,27,28,29,30). The van der Waals surface area contributed by atoms with Crippen molar-refractivity contribution in [3.63, 3.8) is 0 Å². The van der Waals surface area contributed by atoms with E-state index in [1.807, 2.05) is 48.7 Å². The van der Waals surface area contributed by atoms with E-state index in [-0.39, 0.29) is 6.10 Å². The Kier molecular flexibility index (Phi) is 6.02. The average molecular weight is 477 g/mol. The number of nitrogens with one attached hydrogen (secondary N) is 3. The summed E-state index contributed by atoms with van der Waals surface area (Å²) in [5, 5.41) is 17.2. The third kappa shape index (κ3) is 4.79. The smallest absolute Gasteiger partial charge is 0.229 e. The van der Waals surface area contributed by atoms with Gasteiger partial charge in [0.05, 0.1) is 17.3 Å². The fourth-order valence-electron chi connectivity index (χ4n) is 4.28. The van der Waals surface area contributed by atoms with Gasteiger partial charge in [-0.25, -0.2) is 4.98 Å². The van der Waals surface area contributed by atoms with Gasteiger partial charge < -0.3 is 30.2 Å². The minimum Gasteiger partial charge on any atom is -0.393 e. The van der Waals surface area contributed by atoms with Gasteiger partial charge in [0.2, 0.25) is 5.95 Å². The molecule has 0 radical (unpaired) electrons. The Labute approximate surface area is 198 Å². The fraction of sp³-hybridized carbons (Fsp3) is 0.280. The summed E-state index contributed by atoms with van der Waals surface area (Å²) in [4.78, 5) is 14.8. The number of benzene rings is 2. The van der Waals surface area contributed by atoms with Crippen LogP contribution in [0.4, 0.5) is 28.8 Å².